The van der Waals surface area contributed by atoms with Crippen molar-refractivity contribution in [3.63, 3.8) is 0 Å². The van der Waals surface area contributed by atoms with Gasteiger partial charge in [0.15, 0.2) is 11.5 Å². The zero-order chi connectivity index (χ0) is 18.5. The molecule has 2 heterocycles. The first kappa shape index (κ1) is 18.5. The van der Waals surface area contributed by atoms with E-state index in [-0.39, 0.29) is 5.91 Å². The summed E-state index contributed by atoms with van der Waals surface area (Å²) in [5.41, 5.74) is 1.87. The minimum Gasteiger partial charge on any atom is -0.496 e. The van der Waals surface area contributed by atoms with E-state index >= 15 is 0 Å². The molecule has 1 fully saturated rings. The zero-order valence-electron chi connectivity index (χ0n) is 15.4. The number of hydrogen-bond acceptors (Lipinski definition) is 5. The average Bonchev–Trinajstić information content (AvgIpc) is 3.20. The summed E-state index contributed by atoms with van der Waals surface area (Å²) in [5.74, 6) is 1.54. The number of carbonyl (C=O) groups excluding carboxylic acids is 1. The third-order valence-corrected chi connectivity index (χ3v) is 5.46. The van der Waals surface area contributed by atoms with Crippen molar-refractivity contribution in [1.29, 1.82) is 0 Å². The first-order valence-electron chi connectivity index (χ1n) is 8.60. The van der Waals surface area contributed by atoms with E-state index in [1.54, 1.807) is 44.8 Å². The number of ether oxygens (including phenoxy) is 3. The van der Waals surface area contributed by atoms with Gasteiger partial charge in [-0.05, 0) is 16.8 Å². The van der Waals surface area contributed by atoms with E-state index in [0.717, 1.165) is 32.7 Å². The lowest BCUT2D eigenvalue weighted by Gasteiger charge is -2.32. The molecule has 7 heteroatoms. The SMILES string of the molecule is COc1cc(OC)c(C(=O)N2CC[NH+](Cc3ccsc3)CC2)cc1OC. The second-order valence-electron chi connectivity index (χ2n) is 6.26. The second-order valence-corrected chi connectivity index (χ2v) is 7.04. The molecular formula is C19H25N2O4S+. The zero-order valence-corrected chi connectivity index (χ0v) is 16.2. The van der Waals surface area contributed by atoms with Crippen molar-refractivity contribution in [2.24, 2.45) is 0 Å². The van der Waals surface area contributed by atoms with Crippen LogP contribution in [0.1, 0.15) is 15.9 Å². The molecule has 0 aliphatic carbocycles. The van der Waals surface area contributed by atoms with Crippen molar-refractivity contribution in [2.75, 3.05) is 47.5 Å². The van der Waals surface area contributed by atoms with Crippen LogP contribution >= 0.6 is 11.3 Å². The molecule has 0 bridgehead atoms. The van der Waals surface area contributed by atoms with Gasteiger partial charge in [0.1, 0.15) is 12.3 Å². The van der Waals surface area contributed by atoms with Gasteiger partial charge in [0.05, 0.1) is 53.1 Å². The van der Waals surface area contributed by atoms with Gasteiger partial charge in [-0.3, -0.25) is 4.79 Å². The van der Waals surface area contributed by atoms with E-state index in [4.69, 9.17) is 14.2 Å². The fourth-order valence-corrected chi connectivity index (χ4v) is 3.92. The lowest BCUT2D eigenvalue weighted by Crippen LogP contribution is -3.13. The van der Waals surface area contributed by atoms with Gasteiger partial charge in [-0.15, -0.1) is 0 Å². The third-order valence-electron chi connectivity index (χ3n) is 4.73. The van der Waals surface area contributed by atoms with Crippen molar-refractivity contribution in [2.45, 2.75) is 6.54 Å². The van der Waals surface area contributed by atoms with Crippen LogP contribution in [0.15, 0.2) is 29.0 Å². The molecule has 1 aliphatic heterocycles. The molecule has 1 amide bonds. The largest absolute Gasteiger partial charge is 0.496 e. The van der Waals surface area contributed by atoms with Gasteiger partial charge in [0, 0.05) is 17.7 Å². The van der Waals surface area contributed by atoms with E-state index in [9.17, 15) is 4.79 Å². The van der Waals surface area contributed by atoms with Gasteiger partial charge in [-0.25, -0.2) is 0 Å². The Morgan fingerprint density at radius 1 is 1.08 bits per heavy atom. The highest BCUT2D eigenvalue weighted by molar-refractivity contribution is 7.07. The molecule has 0 radical (unpaired) electrons. The number of rotatable bonds is 6. The van der Waals surface area contributed by atoms with Crippen LogP contribution in [0.3, 0.4) is 0 Å². The van der Waals surface area contributed by atoms with Crippen molar-refractivity contribution < 1.29 is 23.9 Å². The van der Waals surface area contributed by atoms with Gasteiger partial charge < -0.3 is 24.0 Å². The predicted molar refractivity (Wildman–Crippen MR) is 101 cm³/mol. The Hall–Kier alpha value is -2.25. The maximum Gasteiger partial charge on any atom is 0.258 e. The topological polar surface area (TPSA) is 52.4 Å². The molecule has 0 unspecified atom stereocenters. The monoisotopic (exact) mass is 377 g/mol. The Morgan fingerprint density at radius 2 is 1.73 bits per heavy atom. The lowest BCUT2D eigenvalue weighted by molar-refractivity contribution is -0.917. The van der Waals surface area contributed by atoms with E-state index in [2.05, 4.69) is 16.8 Å². The molecule has 2 aromatic rings. The van der Waals surface area contributed by atoms with Crippen LogP contribution in [-0.4, -0.2) is 58.3 Å². The smallest absolute Gasteiger partial charge is 0.258 e. The van der Waals surface area contributed by atoms with Crippen LogP contribution in [0.2, 0.25) is 0 Å². The maximum atomic E-state index is 13.0. The van der Waals surface area contributed by atoms with E-state index in [0.29, 0.717) is 22.8 Å². The van der Waals surface area contributed by atoms with Crippen LogP contribution in [0.5, 0.6) is 17.2 Å². The van der Waals surface area contributed by atoms with Gasteiger partial charge in [0.2, 0.25) is 0 Å². The summed E-state index contributed by atoms with van der Waals surface area (Å²) < 4.78 is 16.0. The number of piperazine rings is 1. The third kappa shape index (κ3) is 3.94. The molecule has 26 heavy (non-hydrogen) atoms. The number of thiophene rings is 1. The number of quaternary nitrogens is 1. The average molecular weight is 377 g/mol. The van der Waals surface area contributed by atoms with E-state index in [1.807, 2.05) is 4.90 Å². The van der Waals surface area contributed by atoms with Gasteiger partial charge >= 0.3 is 0 Å². The molecule has 0 atom stereocenters. The molecule has 0 spiro atoms. The maximum absolute atomic E-state index is 13.0. The number of nitrogens with zero attached hydrogens (tertiary/aromatic N) is 1. The molecular weight excluding hydrogens is 352 g/mol. The summed E-state index contributed by atoms with van der Waals surface area (Å²) >= 11 is 1.73. The molecule has 1 N–H and O–H groups in total. The van der Waals surface area contributed by atoms with E-state index in [1.165, 1.54) is 10.5 Å². The predicted octanol–water partition coefficient (Wildman–Crippen LogP) is 1.31. The van der Waals surface area contributed by atoms with Crippen molar-refractivity contribution in [1.82, 2.24) is 4.90 Å². The number of benzene rings is 1. The van der Waals surface area contributed by atoms with Gasteiger partial charge in [0.25, 0.3) is 5.91 Å². The Bertz CT molecular complexity index is 740. The molecule has 140 valence electrons. The fourth-order valence-electron chi connectivity index (χ4n) is 3.25. The summed E-state index contributed by atoms with van der Waals surface area (Å²) in [6, 6.07) is 5.57. The van der Waals surface area contributed by atoms with E-state index < -0.39 is 0 Å². The summed E-state index contributed by atoms with van der Waals surface area (Å²) in [5, 5.41) is 4.30. The molecule has 1 aliphatic rings. The summed E-state index contributed by atoms with van der Waals surface area (Å²) in [4.78, 5) is 16.4. The molecule has 1 aromatic carbocycles. The highest BCUT2D eigenvalue weighted by Gasteiger charge is 2.27. The highest BCUT2D eigenvalue weighted by Crippen LogP contribution is 2.35. The van der Waals surface area contributed by atoms with Gasteiger partial charge in [-0.2, -0.15) is 11.3 Å². The molecule has 0 saturated carbocycles. The minimum atomic E-state index is -0.0302. The van der Waals surface area contributed by atoms with Crippen LogP contribution in [0, 0.1) is 0 Å². The summed E-state index contributed by atoms with van der Waals surface area (Å²) in [6.07, 6.45) is 0. The molecule has 1 aromatic heterocycles. The highest BCUT2D eigenvalue weighted by atomic mass is 32.1. The number of methoxy groups -OCH3 is 3. The molecule has 3 rings (SSSR count). The van der Waals surface area contributed by atoms with Crippen LogP contribution in [-0.2, 0) is 6.54 Å². The number of nitrogens with one attached hydrogen (secondary N) is 1. The first-order chi connectivity index (χ1) is 12.7. The number of amides is 1. The van der Waals surface area contributed by atoms with Crippen molar-refractivity contribution >= 4 is 17.2 Å². The van der Waals surface area contributed by atoms with Crippen LogP contribution in [0.4, 0.5) is 0 Å². The Kier molecular flexibility index (Phi) is 6.00. The minimum absolute atomic E-state index is 0.0302. The van der Waals surface area contributed by atoms with Crippen LogP contribution < -0.4 is 19.1 Å². The van der Waals surface area contributed by atoms with Crippen molar-refractivity contribution in [3.05, 3.63) is 40.1 Å². The standard InChI is InChI=1S/C19H24N2O4S/c1-23-16-11-18(25-3)17(24-2)10-15(16)19(22)21-7-5-20(6-8-21)12-14-4-9-26-13-14/h4,9-11,13H,5-8,12H2,1-3H3/p+1. The Morgan fingerprint density at radius 3 is 2.31 bits per heavy atom. The summed E-state index contributed by atoms with van der Waals surface area (Å²) in [7, 11) is 4.68. The molecule has 1 saturated heterocycles. The molecule has 6 nitrogen and oxygen atoms in total. The van der Waals surface area contributed by atoms with Crippen LogP contribution in [0.25, 0.3) is 0 Å². The Labute approximate surface area is 157 Å². The number of carbonyl (C=O) groups is 1. The Balaban J connectivity index is 1.70. The number of hydrogen-bond donors (Lipinski definition) is 1. The lowest BCUT2D eigenvalue weighted by atomic mass is 10.1. The second kappa shape index (κ2) is 8.42. The van der Waals surface area contributed by atoms with Gasteiger partial charge in [-0.1, -0.05) is 0 Å². The normalized spacial score (nSPS) is 15.0. The summed E-state index contributed by atoms with van der Waals surface area (Å²) in [6.45, 7) is 4.37. The quantitative estimate of drug-likeness (QED) is 0.825. The first-order valence-corrected chi connectivity index (χ1v) is 9.54. The van der Waals surface area contributed by atoms with Crippen molar-refractivity contribution in [3.8, 4) is 17.2 Å². The fraction of sp³-hybridized carbons (Fsp3) is 0.421.